The second kappa shape index (κ2) is 4.31. The molecule has 0 amide bonds. The third-order valence-corrected chi connectivity index (χ3v) is 3.11. The molecular formula is C11H20O5. The highest BCUT2D eigenvalue weighted by atomic mass is 16.6. The molecule has 0 saturated carbocycles. The molecule has 0 aromatic heterocycles. The second-order valence-corrected chi connectivity index (χ2v) is 5.04. The molecule has 1 aliphatic heterocycles. The minimum absolute atomic E-state index is 0.378. The first-order chi connectivity index (χ1) is 7.20. The van der Waals surface area contributed by atoms with Crippen molar-refractivity contribution in [1.29, 1.82) is 0 Å². The molecule has 0 radical (unpaired) electrons. The maximum atomic E-state index is 11.2. The van der Waals surface area contributed by atoms with E-state index in [9.17, 15) is 15.0 Å². The summed E-state index contributed by atoms with van der Waals surface area (Å²) in [6.07, 6.45) is -0.576. The quantitative estimate of drug-likeness (QED) is 0.681. The van der Waals surface area contributed by atoms with Gasteiger partial charge < -0.3 is 19.7 Å². The summed E-state index contributed by atoms with van der Waals surface area (Å²) >= 11 is 0. The van der Waals surface area contributed by atoms with E-state index in [1.165, 1.54) is 7.11 Å². The summed E-state index contributed by atoms with van der Waals surface area (Å²) in [7, 11) is 1.22. The van der Waals surface area contributed by atoms with E-state index in [0.717, 1.165) is 0 Å². The Morgan fingerprint density at radius 3 is 2.56 bits per heavy atom. The predicted octanol–water partition coefficient (Wildman–Crippen LogP) is 0.229. The average molecular weight is 232 g/mol. The van der Waals surface area contributed by atoms with Crippen LogP contribution in [0.5, 0.6) is 0 Å². The van der Waals surface area contributed by atoms with Gasteiger partial charge in [-0.15, -0.1) is 0 Å². The molecule has 0 aliphatic carbocycles. The van der Waals surface area contributed by atoms with Gasteiger partial charge in [-0.05, 0) is 33.6 Å². The lowest BCUT2D eigenvalue weighted by Gasteiger charge is -2.32. The van der Waals surface area contributed by atoms with Crippen LogP contribution in [0, 0.1) is 0 Å². The summed E-state index contributed by atoms with van der Waals surface area (Å²) in [5.41, 5.74) is -1.95. The molecule has 1 rings (SSSR count). The molecule has 1 heterocycles. The number of esters is 1. The number of hydrogen-bond donors (Lipinski definition) is 2. The highest BCUT2D eigenvalue weighted by Gasteiger charge is 2.49. The number of carbonyl (C=O) groups is 1. The third kappa shape index (κ3) is 2.53. The Morgan fingerprint density at radius 1 is 1.62 bits per heavy atom. The van der Waals surface area contributed by atoms with E-state index in [1.807, 2.05) is 0 Å². The Morgan fingerprint density at radius 2 is 2.19 bits per heavy atom. The molecule has 5 nitrogen and oxygen atoms in total. The summed E-state index contributed by atoms with van der Waals surface area (Å²) < 4.78 is 10.1. The van der Waals surface area contributed by atoms with Crippen LogP contribution in [0.1, 0.15) is 33.6 Å². The minimum Gasteiger partial charge on any atom is -0.467 e. The van der Waals surface area contributed by atoms with E-state index < -0.39 is 23.3 Å². The van der Waals surface area contributed by atoms with Gasteiger partial charge >= 0.3 is 5.97 Å². The Balaban J connectivity index is 2.72. The second-order valence-electron chi connectivity index (χ2n) is 5.04. The lowest BCUT2D eigenvalue weighted by Crippen LogP contribution is -2.47. The van der Waals surface area contributed by atoms with E-state index in [4.69, 9.17) is 4.74 Å². The third-order valence-electron chi connectivity index (χ3n) is 3.11. The summed E-state index contributed by atoms with van der Waals surface area (Å²) in [4.78, 5) is 11.2. The first-order valence-corrected chi connectivity index (χ1v) is 5.37. The van der Waals surface area contributed by atoms with Crippen molar-refractivity contribution in [3.05, 3.63) is 0 Å². The fourth-order valence-corrected chi connectivity index (χ4v) is 1.92. The van der Waals surface area contributed by atoms with Gasteiger partial charge in [0, 0.05) is 0 Å². The van der Waals surface area contributed by atoms with Crippen LogP contribution >= 0.6 is 0 Å². The van der Waals surface area contributed by atoms with Crippen molar-refractivity contribution in [2.45, 2.75) is 57.0 Å². The monoisotopic (exact) mass is 232 g/mol. The molecule has 0 unspecified atom stereocenters. The Bertz CT molecular complexity index is 270. The minimum atomic E-state index is -1.31. The number of carbonyl (C=O) groups excluding carboxylic acids is 1. The molecule has 0 aromatic carbocycles. The normalized spacial score (nSPS) is 32.5. The zero-order valence-electron chi connectivity index (χ0n) is 10.2. The molecular weight excluding hydrogens is 212 g/mol. The Hall–Kier alpha value is -0.650. The van der Waals surface area contributed by atoms with Crippen LogP contribution in [0.25, 0.3) is 0 Å². The van der Waals surface area contributed by atoms with Gasteiger partial charge in [-0.2, -0.15) is 0 Å². The summed E-state index contributed by atoms with van der Waals surface area (Å²) in [5.74, 6) is -0.709. The number of methoxy groups -OCH3 is 1. The van der Waals surface area contributed by atoms with Crippen LogP contribution in [0.2, 0.25) is 0 Å². The van der Waals surface area contributed by atoms with Crippen molar-refractivity contribution in [3.8, 4) is 0 Å². The molecule has 3 atom stereocenters. The van der Waals surface area contributed by atoms with E-state index in [0.29, 0.717) is 12.8 Å². The van der Waals surface area contributed by atoms with Crippen molar-refractivity contribution in [1.82, 2.24) is 0 Å². The van der Waals surface area contributed by atoms with E-state index in [1.54, 1.807) is 20.8 Å². The van der Waals surface area contributed by atoms with Gasteiger partial charge in [0.25, 0.3) is 0 Å². The average Bonchev–Trinajstić information content (AvgIpc) is 2.59. The van der Waals surface area contributed by atoms with Gasteiger partial charge in [-0.3, -0.25) is 0 Å². The van der Waals surface area contributed by atoms with Gasteiger partial charge in [-0.25, -0.2) is 4.79 Å². The maximum absolute atomic E-state index is 11.2. The van der Waals surface area contributed by atoms with E-state index >= 15 is 0 Å². The first kappa shape index (κ1) is 13.4. The van der Waals surface area contributed by atoms with Crippen LogP contribution in [0.3, 0.4) is 0 Å². The zero-order chi connectivity index (χ0) is 12.6. The van der Waals surface area contributed by atoms with Gasteiger partial charge in [0.1, 0.15) is 5.60 Å². The summed E-state index contributed by atoms with van der Waals surface area (Å²) in [6.45, 7) is 4.95. The molecule has 1 saturated heterocycles. The van der Waals surface area contributed by atoms with Crippen molar-refractivity contribution < 1.29 is 24.5 Å². The number of hydrogen-bond acceptors (Lipinski definition) is 5. The molecule has 0 aromatic rings. The molecule has 2 N–H and O–H groups in total. The Kier molecular flexibility index (Phi) is 3.62. The molecule has 1 fully saturated rings. The van der Waals surface area contributed by atoms with Crippen LogP contribution in [-0.2, 0) is 14.3 Å². The highest BCUT2D eigenvalue weighted by Crippen LogP contribution is 2.37. The molecule has 16 heavy (non-hydrogen) atoms. The van der Waals surface area contributed by atoms with Gasteiger partial charge in [0.05, 0.1) is 18.8 Å². The molecule has 1 aliphatic rings. The van der Waals surface area contributed by atoms with E-state index in [-0.39, 0.29) is 6.10 Å². The number of ether oxygens (including phenoxy) is 2. The zero-order valence-corrected chi connectivity index (χ0v) is 10.2. The number of aliphatic hydroxyl groups excluding tert-OH is 1. The summed E-state index contributed by atoms with van der Waals surface area (Å²) in [6, 6.07) is 0. The first-order valence-electron chi connectivity index (χ1n) is 5.37. The Labute approximate surface area is 95.4 Å². The maximum Gasteiger partial charge on any atom is 0.337 e. The molecule has 0 bridgehead atoms. The fourth-order valence-electron chi connectivity index (χ4n) is 1.92. The van der Waals surface area contributed by atoms with Crippen molar-refractivity contribution in [3.63, 3.8) is 0 Å². The smallest absolute Gasteiger partial charge is 0.337 e. The van der Waals surface area contributed by atoms with Gasteiger partial charge in [-0.1, -0.05) is 0 Å². The van der Waals surface area contributed by atoms with Crippen LogP contribution in [0.4, 0.5) is 0 Å². The lowest BCUT2D eigenvalue weighted by atomic mass is 9.93. The predicted molar refractivity (Wildman–Crippen MR) is 56.8 cm³/mol. The fraction of sp³-hybridized carbons (Fsp3) is 0.909. The molecule has 0 spiro atoms. The summed E-state index contributed by atoms with van der Waals surface area (Å²) in [5, 5.41) is 19.6. The topological polar surface area (TPSA) is 76.0 Å². The van der Waals surface area contributed by atoms with Crippen LogP contribution < -0.4 is 0 Å². The lowest BCUT2D eigenvalue weighted by molar-refractivity contribution is -0.181. The van der Waals surface area contributed by atoms with Crippen molar-refractivity contribution >= 4 is 5.97 Å². The van der Waals surface area contributed by atoms with Crippen molar-refractivity contribution in [2.24, 2.45) is 0 Å². The van der Waals surface area contributed by atoms with Gasteiger partial charge in [0.15, 0.2) is 6.10 Å². The molecule has 94 valence electrons. The van der Waals surface area contributed by atoms with E-state index in [2.05, 4.69) is 4.74 Å². The largest absolute Gasteiger partial charge is 0.467 e. The highest BCUT2D eigenvalue weighted by molar-refractivity contribution is 5.75. The number of rotatable bonds is 3. The van der Waals surface area contributed by atoms with Crippen LogP contribution in [0.15, 0.2) is 0 Å². The van der Waals surface area contributed by atoms with Crippen LogP contribution in [-0.4, -0.2) is 46.7 Å². The SMILES string of the molecule is COC(=O)[C@@H](O)[C@]1(C)CC[C@H](C(C)(C)O)O1. The standard InChI is InChI=1S/C11H20O5/c1-10(2,14)7-5-6-11(3,16-7)8(12)9(13)15-4/h7-8,12,14H,5-6H2,1-4H3/t7-,8-,11+/m1/s1. The number of aliphatic hydroxyl groups is 2. The molecule has 5 heteroatoms. The van der Waals surface area contributed by atoms with Crippen molar-refractivity contribution in [2.75, 3.05) is 7.11 Å². The van der Waals surface area contributed by atoms with Gasteiger partial charge in [0.2, 0.25) is 0 Å².